The molecule has 1 atom stereocenters. The number of rotatable bonds is 0. The molecule has 2 rings (SSSR count). The Bertz CT molecular complexity index is 318. The number of hydrogen-bond acceptors (Lipinski definition) is 0. The molecule has 0 amide bonds. The van der Waals surface area contributed by atoms with Gasteiger partial charge in [-0.25, -0.2) is 0 Å². The molecule has 0 saturated carbocycles. The predicted octanol–water partition coefficient (Wildman–Crippen LogP) is 3.75. The van der Waals surface area contributed by atoms with Crippen molar-refractivity contribution in [2.45, 2.75) is 41.5 Å². The molecule has 0 N–H and O–H groups in total. The SMILES string of the molecule is CC1=[C]C(C(C)(C)C)C2=C1C2(C)C. The van der Waals surface area contributed by atoms with E-state index in [9.17, 15) is 0 Å². The van der Waals surface area contributed by atoms with Crippen LogP contribution < -0.4 is 0 Å². The number of hydrogen-bond donors (Lipinski definition) is 0. The highest BCUT2D eigenvalue weighted by Crippen LogP contribution is 2.65. The van der Waals surface area contributed by atoms with Gasteiger partial charge in [-0.2, -0.15) is 0 Å². The molecular formula is C13H19. The van der Waals surface area contributed by atoms with Crippen LogP contribution in [0, 0.1) is 22.8 Å². The highest BCUT2D eigenvalue weighted by Gasteiger charge is 2.54. The largest absolute Gasteiger partial charge is 0.0593 e. The summed E-state index contributed by atoms with van der Waals surface area (Å²) < 4.78 is 0. The molecule has 71 valence electrons. The Balaban J connectivity index is 2.35. The first kappa shape index (κ1) is 9.05. The second-order valence-electron chi connectivity index (χ2n) is 5.98. The summed E-state index contributed by atoms with van der Waals surface area (Å²) >= 11 is 0. The third-order valence-corrected chi connectivity index (χ3v) is 3.40. The van der Waals surface area contributed by atoms with E-state index in [0.29, 0.717) is 16.7 Å². The lowest BCUT2D eigenvalue weighted by molar-refractivity contribution is 0.312. The van der Waals surface area contributed by atoms with Gasteiger partial charge in [0, 0.05) is 11.3 Å². The van der Waals surface area contributed by atoms with E-state index in [1.165, 1.54) is 5.57 Å². The van der Waals surface area contributed by atoms with Crippen molar-refractivity contribution < 1.29 is 0 Å². The standard InChI is InChI=1S/C13H19/c1-8-7-9(12(2,3)4)11-10(8)13(11,5)6/h9H,1-6H3. The zero-order valence-corrected chi connectivity index (χ0v) is 9.58. The van der Waals surface area contributed by atoms with Crippen molar-refractivity contribution in [2.75, 3.05) is 0 Å². The van der Waals surface area contributed by atoms with E-state index in [1.807, 2.05) is 0 Å². The highest BCUT2D eigenvalue weighted by molar-refractivity contribution is 5.64. The molecule has 0 bridgehead atoms. The first-order valence-corrected chi connectivity index (χ1v) is 5.12. The lowest BCUT2D eigenvalue weighted by Gasteiger charge is -2.29. The maximum Gasteiger partial charge on any atom is 0.0120 e. The normalized spacial score (nSPS) is 30.3. The van der Waals surface area contributed by atoms with E-state index in [0.717, 1.165) is 0 Å². The topological polar surface area (TPSA) is 0 Å². The molecule has 2 aliphatic rings. The molecule has 0 saturated heterocycles. The summed E-state index contributed by atoms with van der Waals surface area (Å²) in [6.45, 7) is 13.8. The van der Waals surface area contributed by atoms with Crippen molar-refractivity contribution in [3.05, 3.63) is 22.8 Å². The Hall–Kier alpha value is -0.520. The monoisotopic (exact) mass is 175 g/mol. The van der Waals surface area contributed by atoms with Crippen molar-refractivity contribution >= 4 is 0 Å². The molecule has 0 aliphatic heterocycles. The Morgan fingerprint density at radius 1 is 1.23 bits per heavy atom. The van der Waals surface area contributed by atoms with E-state index >= 15 is 0 Å². The first-order chi connectivity index (χ1) is 5.76. The van der Waals surface area contributed by atoms with Crippen molar-refractivity contribution in [1.82, 2.24) is 0 Å². The van der Waals surface area contributed by atoms with Gasteiger partial charge in [-0.3, -0.25) is 0 Å². The zero-order valence-electron chi connectivity index (χ0n) is 9.58. The van der Waals surface area contributed by atoms with E-state index in [1.54, 1.807) is 11.1 Å². The van der Waals surface area contributed by atoms with Crippen LogP contribution in [0.15, 0.2) is 16.7 Å². The summed E-state index contributed by atoms with van der Waals surface area (Å²) in [5.41, 5.74) is 5.38. The van der Waals surface area contributed by atoms with E-state index < -0.39 is 0 Å². The van der Waals surface area contributed by atoms with Crippen LogP contribution in [-0.2, 0) is 0 Å². The summed E-state index contributed by atoms with van der Waals surface area (Å²) in [6, 6.07) is 0. The van der Waals surface area contributed by atoms with Gasteiger partial charge < -0.3 is 0 Å². The maximum absolute atomic E-state index is 3.59. The van der Waals surface area contributed by atoms with Gasteiger partial charge in [-0.15, -0.1) is 0 Å². The van der Waals surface area contributed by atoms with Gasteiger partial charge in [-0.1, -0.05) is 34.6 Å². The van der Waals surface area contributed by atoms with Gasteiger partial charge in [0.05, 0.1) is 0 Å². The Morgan fingerprint density at radius 3 is 2.00 bits per heavy atom. The van der Waals surface area contributed by atoms with Crippen LogP contribution in [0.3, 0.4) is 0 Å². The van der Waals surface area contributed by atoms with Crippen LogP contribution in [0.4, 0.5) is 0 Å². The third kappa shape index (κ3) is 1.04. The highest BCUT2D eigenvalue weighted by atomic mass is 14.6. The van der Waals surface area contributed by atoms with Crippen molar-refractivity contribution in [3.63, 3.8) is 0 Å². The molecule has 0 spiro atoms. The molecule has 0 heteroatoms. The Morgan fingerprint density at radius 2 is 1.77 bits per heavy atom. The van der Waals surface area contributed by atoms with Gasteiger partial charge in [0.2, 0.25) is 0 Å². The van der Waals surface area contributed by atoms with Crippen molar-refractivity contribution in [1.29, 1.82) is 0 Å². The van der Waals surface area contributed by atoms with Crippen LogP contribution in [-0.4, -0.2) is 0 Å². The van der Waals surface area contributed by atoms with E-state index in [2.05, 4.69) is 47.6 Å². The molecule has 0 heterocycles. The third-order valence-electron chi connectivity index (χ3n) is 3.40. The fourth-order valence-corrected chi connectivity index (χ4v) is 2.68. The molecular weight excluding hydrogens is 156 g/mol. The lowest BCUT2D eigenvalue weighted by atomic mass is 9.75. The van der Waals surface area contributed by atoms with Crippen LogP contribution >= 0.6 is 0 Å². The maximum atomic E-state index is 3.59. The minimum Gasteiger partial charge on any atom is -0.0593 e. The molecule has 13 heavy (non-hydrogen) atoms. The average Bonchev–Trinajstić information content (AvgIpc) is 2.35. The van der Waals surface area contributed by atoms with Crippen LogP contribution in [0.25, 0.3) is 0 Å². The van der Waals surface area contributed by atoms with Gasteiger partial charge in [-0.05, 0) is 35.1 Å². The summed E-state index contributed by atoms with van der Waals surface area (Å²) in [6.07, 6.45) is 3.59. The molecule has 0 aromatic carbocycles. The first-order valence-electron chi connectivity index (χ1n) is 5.12. The van der Waals surface area contributed by atoms with Gasteiger partial charge in [0.25, 0.3) is 0 Å². The minimum absolute atomic E-state index is 0.339. The quantitative estimate of drug-likeness (QED) is 0.526. The van der Waals surface area contributed by atoms with Crippen LogP contribution in [0.5, 0.6) is 0 Å². The average molecular weight is 175 g/mol. The number of allylic oxidation sites excluding steroid dienone is 4. The summed E-state index contributed by atoms with van der Waals surface area (Å²) in [4.78, 5) is 0. The second kappa shape index (κ2) is 2.10. The lowest BCUT2D eigenvalue weighted by Crippen LogP contribution is -2.21. The van der Waals surface area contributed by atoms with Gasteiger partial charge >= 0.3 is 0 Å². The predicted molar refractivity (Wildman–Crippen MR) is 56.2 cm³/mol. The smallest absolute Gasteiger partial charge is 0.0120 e. The van der Waals surface area contributed by atoms with Gasteiger partial charge in [0.15, 0.2) is 0 Å². The Labute approximate surface area is 81.7 Å². The molecule has 1 radical (unpaired) electrons. The van der Waals surface area contributed by atoms with Crippen LogP contribution in [0.2, 0.25) is 0 Å². The molecule has 2 aliphatic carbocycles. The molecule has 1 unspecified atom stereocenters. The van der Waals surface area contributed by atoms with Crippen LogP contribution in [0.1, 0.15) is 41.5 Å². The van der Waals surface area contributed by atoms with E-state index in [4.69, 9.17) is 0 Å². The van der Waals surface area contributed by atoms with E-state index in [-0.39, 0.29) is 0 Å². The summed E-state index contributed by atoms with van der Waals surface area (Å²) in [5, 5.41) is 0. The van der Waals surface area contributed by atoms with Crippen molar-refractivity contribution in [3.8, 4) is 0 Å². The molecule has 0 fully saturated rings. The molecule has 0 nitrogen and oxygen atoms in total. The summed E-state index contributed by atoms with van der Waals surface area (Å²) in [7, 11) is 0. The van der Waals surface area contributed by atoms with Gasteiger partial charge in [0.1, 0.15) is 0 Å². The molecule has 0 aromatic rings. The van der Waals surface area contributed by atoms with Crippen molar-refractivity contribution in [2.24, 2.45) is 16.7 Å². The second-order valence-corrected chi connectivity index (χ2v) is 5.98. The Kier molecular flexibility index (Phi) is 1.46. The molecule has 0 aromatic heterocycles. The summed E-state index contributed by atoms with van der Waals surface area (Å²) in [5.74, 6) is 0.567. The zero-order chi connectivity index (χ0) is 10.0. The fourth-order valence-electron chi connectivity index (χ4n) is 2.68. The minimum atomic E-state index is 0.339. The fraction of sp³-hybridized carbons (Fsp3) is 0.692.